The summed E-state index contributed by atoms with van der Waals surface area (Å²) in [5, 5.41) is 2.78. The Kier molecular flexibility index (Phi) is 7.85. The lowest BCUT2D eigenvalue weighted by Gasteiger charge is -2.28. The van der Waals surface area contributed by atoms with Crippen LogP contribution in [0, 0.1) is 11.3 Å². The van der Waals surface area contributed by atoms with Gasteiger partial charge in [0.1, 0.15) is 6.26 Å². The van der Waals surface area contributed by atoms with Crippen molar-refractivity contribution in [3.05, 3.63) is 17.8 Å². The summed E-state index contributed by atoms with van der Waals surface area (Å²) in [4.78, 5) is 30.7. The molecule has 0 saturated heterocycles. The fraction of sp³-hybridized carbons (Fsp3) is 0.750. The van der Waals surface area contributed by atoms with Crippen molar-refractivity contribution in [3.63, 3.8) is 0 Å². The van der Waals surface area contributed by atoms with Gasteiger partial charge in [0.2, 0.25) is 11.8 Å². The molecule has 2 amide bonds. The van der Waals surface area contributed by atoms with Crippen molar-refractivity contribution in [2.45, 2.75) is 86.9 Å². The summed E-state index contributed by atoms with van der Waals surface area (Å²) in [7, 11) is 0. The summed E-state index contributed by atoms with van der Waals surface area (Å²) in [6.07, 6.45) is 2.83. The molecule has 0 radical (unpaired) electrons. The van der Waals surface area contributed by atoms with E-state index < -0.39 is 0 Å². The van der Waals surface area contributed by atoms with Gasteiger partial charge < -0.3 is 14.6 Å². The molecule has 1 aromatic heterocycles. The van der Waals surface area contributed by atoms with E-state index in [1.54, 1.807) is 4.90 Å². The number of carbonyl (C=O) groups excluding carboxylic acids is 2. The first kappa shape index (κ1) is 22.2. The molecule has 6 nitrogen and oxygen atoms in total. The average Bonchev–Trinajstić information content (AvgIpc) is 2.89. The van der Waals surface area contributed by atoms with Gasteiger partial charge >= 0.3 is 0 Å². The number of rotatable bonds is 8. The second-order valence-corrected chi connectivity index (χ2v) is 8.94. The molecule has 1 heterocycles. The second kappa shape index (κ2) is 9.19. The summed E-state index contributed by atoms with van der Waals surface area (Å²) in [5.74, 6) is 0.504. The van der Waals surface area contributed by atoms with Gasteiger partial charge in [0.15, 0.2) is 5.69 Å². The van der Waals surface area contributed by atoms with E-state index >= 15 is 0 Å². The van der Waals surface area contributed by atoms with Gasteiger partial charge in [-0.1, -0.05) is 27.7 Å². The second-order valence-electron chi connectivity index (χ2n) is 8.94. The quantitative estimate of drug-likeness (QED) is 0.755. The summed E-state index contributed by atoms with van der Waals surface area (Å²) < 4.78 is 5.42. The van der Waals surface area contributed by atoms with Gasteiger partial charge in [-0.25, -0.2) is 4.98 Å². The highest BCUT2D eigenvalue weighted by Crippen LogP contribution is 2.26. The fourth-order valence-corrected chi connectivity index (χ4v) is 3.06. The molecule has 1 aromatic rings. The zero-order valence-electron chi connectivity index (χ0n) is 17.5. The molecule has 0 saturated carbocycles. The van der Waals surface area contributed by atoms with E-state index in [0.717, 1.165) is 6.42 Å². The van der Waals surface area contributed by atoms with Crippen LogP contribution in [0.5, 0.6) is 0 Å². The molecule has 0 bridgehead atoms. The molecule has 0 aliphatic heterocycles. The fourth-order valence-electron chi connectivity index (χ4n) is 3.06. The first-order valence-corrected chi connectivity index (χ1v) is 9.43. The predicted octanol–water partition coefficient (Wildman–Crippen LogP) is 4.01. The predicted molar refractivity (Wildman–Crippen MR) is 103 cm³/mol. The van der Waals surface area contributed by atoms with E-state index in [2.05, 4.69) is 38.0 Å². The molecule has 0 unspecified atom stereocenters. The van der Waals surface area contributed by atoms with Crippen molar-refractivity contribution in [2.75, 3.05) is 0 Å². The van der Waals surface area contributed by atoms with Gasteiger partial charge in [-0.15, -0.1) is 0 Å². The van der Waals surface area contributed by atoms with E-state index in [-0.39, 0.29) is 41.6 Å². The van der Waals surface area contributed by atoms with Crippen molar-refractivity contribution in [1.29, 1.82) is 0 Å². The van der Waals surface area contributed by atoms with Gasteiger partial charge in [-0.2, -0.15) is 0 Å². The summed E-state index contributed by atoms with van der Waals surface area (Å²) in [6.45, 7) is 16.7. The Labute approximate surface area is 157 Å². The Morgan fingerprint density at radius 2 is 1.81 bits per heavy atom. The lowest BCUT2D eigenvalue weighted by Crippen LogP contribution is -2.37. The first-order chi connectivity index (χ1) is 11.9. The SMILES string of the molecule is CC(C)NC(=O)c1coc(CN(C(=O)C[C@@H](C)CC(C)(C)C)C(C)C)n1. The van der Waals surface area contributed by atoms with Crippen LogP contribution in [0.25, 0.3) is 0 Å². The third-order valence-electron chi connectivity index (χ3n) is 3.94. The van der Waals surface area contributed by atoms with Gasteiger partial charge in [-0.3, -0.25) is 9.59 Å². The van der Waals surface area contributed by atoms with Crippen LogP contribution < -0.4 is 5.32 Å². The minimum atomic E-state index is -0.267. The number of oxazole rings is 1. The Morgan fingerprint density at radius 1 is 1.19 bits per heavy atom. The van der Waals surface area contributed by atoms with Gasteiger partial charge in [0.05, 0.1) is 6.54 Å². The van der Waals surface area contributed by atoms with Crippen molar-refractivity contribution in [1.82, 2.24) is 15.2 Å². The number of nitrogens with zero attached hydrogens (tertiary/aromatic N) is 2. The van der Waals surface area contributed by atoms with E-state index in [9.17, 15) is 9.59 Å². The highest BCUT2D eigenvalue weighted by atomic mass is 16.3. The topological polar surface area (TPSA) is 75.4 Å². The molecule has 0 spiro atoms. The van der Waals surface area contributed by atoms with Crippen LogP contribution in [0.2, 0.25) is 0 Å². The zero-order valence-corrected chi connectivity index (χ0v) is 17.5. The third kappa shape index (κ3) is 7.58. The Morgan fingerprint density at radius 3 is 2.31 bits per heavy atom. The minimum Gasteiger partial charge on any atom is -0.446 e. The highest BCUT2D eigenvalue weighted by Gasteiger charge is 2.24. The minimum absolute atomic E-state index is 0.0284. The van der Waals surface area contributed by atoms with Crippen molar-refractivity contribution >= 4 is 11.8 Å². The van der Waals surface area contributed by atoms with Crippen LogP contribution in [0.3, 0.4) is 0 Å². The Bertz CT molecular complexity index is 600. The number of aromatic nitrogens is 1. The van der Waals surface area contributed by atoms with Crippen LogP contribution in [0.1, 0.15) is 84.6 Å². The van der Waals surface area contributed by atoms with Gasteiger partial charge in [-0.05, 0) is 45.4 Å². The van der Waals surface area contributed by atoms with Crippen LogP contribution in [-0.2, 0) is 11.3 Å². The normalized spacial score (nSPS) is 13.2. The zero-order chi connectivity index (χ0) is 20.1. The number of nitrogens with one attached hydrogen (secondary N) is 1. The molecule has 148 valence electrons. The maximum absolute atomic E-state index is 12.7. The molecule has 1 atom stereocenters. The molecule has 0 aromatic carbocycles. The summed E-state index contributed by atoms with van der Waals surface area (Å²) in [5.41, 5.74) is 0.440. The summed E-state index contributed by atoms with van der Waals surface area (Å²) in [6, 6.07) is 0.0601. The molecular formula is C20H35N3O3. The van der Waals surface area contributed by atoms with E-state index in [4.69, 9.17) is 4.42 Å². The molecule has 6 heteroatoms. The molecule has 0 aliphatic rings. The lowest BCUT2D eigenvalue weighted by molar-refractivity contribution is -0.135. The maximum atomic E-state index is 12.7. The molecule has 1 rings (SSSR count). The van der Waals surface area contributed by atoms with E-state index in [1.807, 2.05) is 27.7 Å². The largest absolute Gasteiger partial charge is 0.446 e. The molecule has 0 fully saturated rings. The van der Waals surface area contributed by atoms with Crippen molar-refractivity contribution in [2.24, 2.45) is 11.3 Å². The molecule has 0 aliphatic carbocycles. The Hall–Kier alpha value is -1.85. The van der Waals surface area contributed by atoms with Crippen molar-refractivity contribution in [3.8, 4) is 0 Å². The van der Waals surface area contributed by atoms with Crippen LogP contribution in [0.4, 0.5) is 0 Å². The van der Waals surface area contributed by atoms with Gasteiger partial charge in [0, 0.05) is 18.5 Å². The maximum Gasteiger partial charge on any atom is 0.273 e. The first-order valence-electron chi connectivity index (χ1n) is 9.43. The smallest absolute Gasteiger partial charge is 0.273 e. The number of hydrogen-bond donors (Lipinski definition) is 1. The number of hydrogen-bond acceptors (Lipinski definition) is 4. The highest BCUT2D eigenvalue weighted by molar-refractivity contribution is 5.92. The van der Waals surface area contributed by atoms with Crippen LogP contribution in [0.15, 0.2) is 10.7 Å². The van der Waals surface area contributed by atoms with Crippen LogP contribution in [-0.4, -0.2) is 33.8 Å². The van der Waals surface area contributed by atoms with E-state index in [0.29, 0.717) is 18.2 Å². The monoisotopic (exact) mass is 365 g/mol. The summed E-state index contributed by atoms with van der Waals surface area (Å²) >= 11 is 0. The molecule has 26 heavy (non-hydrogen) atoms. The van der Waals surface area contributed by atoms with Crippen molar-refractivity contribution < 1.29 is 14.0 Å². The number of carbonyl (C=O) groups is 2. The third-order valence-corrected chi connectivity index (χ3v) is 3.94. The van der Waals surface area contributed by atoms with Gasteiger partial charge in [0.25, 0.3) is 5.91 Å². The van der Waals surface area contributed by atoms with Crippen LogP contribution >= 0.6 is 0 Å². The number of amides is 2. The lowest BCUT2D eigenvalue weighted by atomic mass is 9.84. The standard InChI is InChI=1S/C20H35N3O3/c1-13(2)21-19(25)16-12-26-17(22-16)11-23(14(3)4)18(24)9-15(5)10-20(6,7)8/h12-15H,9-11H2,1-8H3,(H,21,25)/t15-/m1/s1. The Balaban J connectivity index is 2.75. The molecule has 1 N–H and O–H groups in total. The van der Waals surface area contributed by atoms with E-state index in [1.165, 1.54) is 6.26 Å². The molecular weight excluding hydrogens is 330 g/mol. The average molecular weight is 366 g/mol.